The molecule has 0 aliphatic carbocycles. The van der Waals surface area contributed by atoms with Crippen molar-refractivity contribution in [1.29, 1.82) is 0 Å². The summed E-state index contributed by atoms with van der Waals surface area (Å²) in [6, 6.07) is 6.78. The molecule has 0 spiro atoms. The molecule has 0 bridgehead atoms. The molecule has 1 aromatic rings. The molecule has 4 heteroatoms. The Morgan fingerprint density at radius 2 is 2.21 bits per heavy atom. The zero-order chi connectivity index (χ0) is 14.0. The lowest BCUT2D eigenvalue weighted by Gasteiger charge is -2.42. The van der Waals surface area contributed by atoms with Gasteiger partial charge in [-0.05, 0) is 38.0 Å². The van der Waals surface area contributed by atoms with Crippen LogP contribution in [0.5, 0.6) is 0 Å². The van der Waals surface area contributed by atoms with Crippen molar-refractivity contribution < 1.29 is 4.74 Å². The average molecular weight is 327 g/mol. The maximum atomic E-state index is 6.01. The largest absolute Gasteiger partial charge is 0.373 e. The predicted octanol–water partition coefficient (Wildman–Crippen LogP) is 2.87. The van der Waals surface area contributed by atoms with Crippen LogP contribution < -0.4 is 5.73 Å². The van der Waals surface area contributed by atoms with Crippen LogP contribution in [-0.4, -0.2) is 36.7 Å². The molecule has 0 radical (unpaired) electrons. The number of hydrogen-bond donors (Lipinski definition) is 1. The van der Waals surface area contributed by atoms with Crippen LogP contribution in [0.25, 0.3) is 0 Å². The number of hydrogen-bond acceptors (Lipinski definition) is 3. The molecule has 2 rings (SSSR count). The monoisotopic (exact) mass is 326 g/mol. The van der Waals surface area contributed by atoms with Crippen LogP contribution in [0.4, 0.5) is 0 Å². The fraction of sp³-hybridized carbons (Fsp3) is 0.600. The second-order valence-electron chi connectivity index (χ2n) is 5.84. The highest BCUT2D eigenvalue weighted by molar-refractivity contribution is 9.10. The summed E-state index contributed by atoms with van der Waals surface area (Å²) in [4.78, 5) is 2.43. The van der Waals surface area contributed by atoms with Gasteiger partial charge in [-0.3, -0.25) is 4.90 Å². The highest BCUT2D eigenvalue weighted by Crippen LogP contribution is 2.28. The maximum Gasteiger partial charge on any atom is 0.0753 e. The van der Waals surface area contributed by atoms with E-state index in [1.165, 1.54) is 11.1 Å². The molecule has 19 heavy (non-hydrogen) atoms. The van der Waals surface area contributed by atoms with Crippen molar-refractivity contribution in [2.45, 2.75) is 32.4 Å². The molecular weight excluding hydrogens is 304 g/mol. The SMILES string of the molecule is Cc1ccc(C(CN)N2CCOC(C)(C)C2)cc1Br. The van der Waals surface area contributed by atoms with Crippen molar-refractivity contribution in [2.24, 2.45) is 5.73 Å². The van der Waals surface area contributed by atoms with Gasteiger partial charge in [0.15, 0.2) is 0 Å². The number of ether oxygens (including phenoxy) is 1. The van der Waals surface area contributed by atoms with E-state index in [1.54, 1.807) is 0 Å². The van der Waals surface area contributed by atoms with Crippen LogP contribution in [-0.2, 0) is 4.74 Å². The van der Waals surface area contributed by atoms with Crippen molar-refractivity contribution in [3.05, 3.63) is 33.8 Å². The Kier molecular flexibility index (Phi) is 4.66. The molecule has 2 N–H and O–H groups in total. The van der Waals surface area contributed by atoms with Crippen LogP contribution in [0.3, 0.4) is 0 Å². The zero-order valence-electron chi connectivity index (χ0n) is 11.9. The molecule has 0 saturated carbocycles. The molecule has 1 saturated heterocycles. The maximum absolute atomic E-state index is 6.01. The molecule has 1 heterocycles. The number of aryl methyl sites for hydroxylation is 1. The summed E-state index contributed by atoms with van der Waals surface area (Å²) >= 11 is 3.61. The average Bonchev–Trinajstić information content (AvgIpc) is 2.33. The fourth-order valence-electron chi connectivity index (χ4n) is 2.63. The van der Waals surface area contributed by atoms with Gasteiger partial charge in [0, 0.05) is 30.1 Å². The minimum atomic E-state index is -0.0897. The van der Waals surface area contributed by atoms with Crippen molar-refractivity contribution >= 4 is 15.9 Å². The molecule has 0 aromatic heterocycles. The van der Waals surface area contributed by atoms with Crippen molar-refractivity contribution in [2.75, 3.05) is 26.2 Å². The summed E-state index contributed by atoms with van der Waals surface area (Å²) in [5.41, 5.74) is 8.45. The van der Waals surface area contributed by atoms with Crippen LogP contribution in [0.15, 0.2) is 22.7 Å². The van der Waals surface area contributed by atoms with E-state index in [1.807, 2.05) is 0 Å². The van der Waals surface area contributed by atoms with E-state index in [-0.39, 0.29) is 11.6 Å². The second kappa shape index (κ2) is 5.92. The van der Waals surface area contributed by atoms with Gasteiger partial charge in [0.25, 0.3) is 0 Å². The Balaban J connectivity index is 2.21. The smallest absolute Gasteiger partial charge is 0.0753 e. The first-order valence-electron chi connectivity index (χ1n) is 6.77. The normalized spacial score (nSPS) is 21.3. The lowest BCUT2D eigenvalue weighted by Crippen LogP contribution is -2.50. The highest BCUT2D eigenvalue weighted by Gasteiger charge is 2.31. The van der Waals surface area contributed by atoms with E-state index < -0.39 is 0 Å². The lowest BCUT2D eigenvalue weighted by atomic mass is 10.00. The number of rotatable bonds is 3. The molecule has 1 aliphatic rings. The van der Waals surface area contributed by atoms with Gasteiger partial charge in [-0.1, -0.05) is 28.1 Å². The molecule has 1 aliphatic heterocycles. The lowest BCUT2D eigenvalue weighted by molar-refractivity contribution is -0.0967. The number of nitrogens with zero attached hydrogens (tertiary/aromatic N) is 1. The van der Waals surface area contributed by atoms with Crippen LogP contribution in [0.2, 0.25) is 0 Å². The van der Waals surface area contributed by atoms with Crippen molar-refractivity contribution in [1.82, 2.24) is 4.90 Å². The van der Waals surface area contributed by atoms with E-state index in [9.17, 15) is 0 Å². The Hall–Kier alpha value is -0.420. The van der Waals surface area contributed by atoms with Crippen LogP contribution >= 0.6 is 15.9 Å². The summed E-state index contributed by atoms with van der Waals surface area (Å²) in [5, 5.41) is 0. The Bertz CT molecular complexity index is 448. The first kappa shape index (κ1) is 15.0. The third-order valence-electron chi connectivity index (χ3n) is 3.70. The van der Waals surface area contributed by atoms with Crippen molar-refractivity contribution in [3.63, 3.8) is 0 Å². The third kappa shape index (κ3) is 3.57. The Morgan fingerprint density at radius 3 is 2.79 bits per heavy atom. The molecule has 1 unspecified atom stereocenters. The minimum Gasteiger partial charge on any atom is -0.373 e. The predicted molar refractivity (Wildman–Crippen MR) is 82.3 cm³/mol. The van der Waals surface area contributed by atoms with Gasteiger partial charge >= 0.3 is 0 Å². The van der Waals surface area contributed by atoms with Gasteiger partial charge in [0.05, 0.1) is 12.2 Å². The topological polar surface area (TPSA) is 38.5 Å². The van der Waals surface area contributed by atoms with Gasteiger partial charge in [-0.25, -0.2) is 0 Å². The number of nitrogens with two attached hydrogens (primary N) is 1. The quantitative estimate of drug-likeness (QED) is 0.928. The molecule has 106 valence electrons. The molecule has 1 atom stereocenters. The van der Waals surface area contributed by atoms with Gasteiger partial charge in [-0.15, -0.1) is 0 Å². The second-order valence-corrected chi connectivity index (χ2v) is 6.69. The number of halogens is 1. The van der Waals surface area contributed by atoms with Gasteiger partial charge in [0.2, 0.25) is 0 Å². The molecule has 1 fully saturated rings. The van der Waals surface area contributed by atoms with E-state index in [0.29, 0.717) is 6.54 Å². The van der Waals surface area contributed by atoms with E-state index in [2.05, 4.69) is 59.8 Å². The molecule has 0 amide bonds. The van der Waals surface area contributed by atoms with Gasteiger partial charge in [-0.2, -0.15) is 0 Å². The highest BCUT2D eigenvalue weighted by atomic mass is 79.9. The number of benzene rings is 1. The standard InChI is InChI=1S/C15H23BrN2O/c1-11-4-5-12(8-13(11)16)14(9-17)18-6-7-19-15(2,3)10-18/h4-5,8,14H,6-7,9-10,17H2,1-3H3. The van der Waals surface area contributed by atoms with E-state index >= 15 is 0 Å². The van der Waals surface area contributed by atoms with E-state index in [4.69, 9.17) is 10.5 Å². The summed E-state index contributed by atoms with van der Waals surface area (Å²) in [6.07, 6.45) is 0. The van der Waals surface area contributed by atoms with Crippen LogP contribution in [0.1, 0.15) is 31.0 Å². The third-order valence-corrected chi connectivity index (χ3v) is 4.55. The molecule has 1 aromatic carbocycles. The first-order chi connectivity index (χ1) is 8.93. The fourth-order valence-corrected chi connectivity index (χ4v) is 3.03. The van der Waals surface area contributed by atoms with Gasteiger partial charge < -0.3 is 10.5 Å². The van der Waals surface area contributed by atoms with Crippen molar-refractivity contribution in [3.8, 4) is 0 Å². The van der Waals surface area contributed by atoms with Crippen LogP contribution in [0, 0.1) is 6.92 Å². The Labute approximate surface area is 124 Å². The number of morpholine rings is 1. The van der Waals surface area contributed by atoms with E-state index in [0.717, 1.165) is 24.2 Å². The minimum absolute atomic E-state index is 0.0897. The summed E-state index contributed by atoms with van der Waals surface area (Å²) in [7, 11) is 0. The molecule has 3 nitrogen and oxygen atoms in total. The van der Waals surface area contributed by atoms with Gasteiger partial charge in [0.1, 0.15) is 0 Å². The zero-order valence-corrected chi connectivity index (χ0v) is 13.5. The summed E-state index contributed by atoms with van der Waals surface area (Å²) < 4.78 is 6.93. The molecular formula is C15H23BrN2O. The first-order valence-corrected chi connectivity index (χ1v) is 7.56. The summed E-state index contributed by atoms with van der Waals surface area (Å²) in [5.74, 6) is 0. The summed E-state index contributed by atoms with van der Waals surface area (Å²) in [6.45, 7) is 9.64. The Morgan fingerprint density at radius 1 is 1.47 bits per heavy atom.